The van der Waals surface area contributed by atoms with Crippen molar-refractivity contribution in [3.05, 3.63) is 0 Å². The maximum Gasteiger partial charge on any atom is 0.320 e. The van der Waals surface area contributed by atoms with Gasteiger partial charge in [-0.25, -0.2) is 0 Å². The maximum atomic E-state index is 11.2. The van der Waals surface area contributed by atoms with Crippen molar-refractivity contribution in [1.29, 1.82) is 0 Å². The highest BCUT2D eigenvalue weighted by Crippen LogP contribution is 1.99. The van der Waals surface area contributed by atoms with E-state index in [0.717, 1.165) is 18.6 Å². The first-order valence-electron chi connectivity index (χ1n) is 5.32. The lowest BCUT2D eigenvalue weighted by atomic mass is 10.1. The number of nitrogens with one attached hydrogen (secondary N) is 1. The molecule has 0 spiro atoms. The zero-order valence-electron chi connectivity index (χ0n) is 9.57. The summed E-state index contributed by atoms with van der Waals surface area (Å²) >= 11 is 1.64. The first-order chi connectivity index (χ1) is 7.57. The molecule has 0 heterocycles. The average molecular weight is 248 g/mol. The smallest absolute Gasteiger partial charge is 0.320 e. The Labute approximate surface area is 100 Å². The summed E-state index contributed by atoms with van der Waals surface area (Å²) in [6.45, 7) is 0.597. The van der Waals surface area contributed by atoms with Crippen LogP contribution in [0.1, 0.15) is 25.7 Å². The normalized spacial score (nSPS) is 12.1. The van der Waals surface area contributed by atoms with Crippen LogP contribution in [0.15, 0.2) is 0 Å². The van der Waals surface area contributed by atoms with Crippen LogP contribution in [-0.4, -0.2) is 41.6 Å². The molecule has 0 rings (SSSR count). The summed E-state index contributed by atoms with van der Waals surface area (Å²) in [4.78, 5) is 21.6. The summed E-state index contributed by atoms with van der Waals surface area (Å²) in [5, 5.41) is 11.3. The minimum absolute atomic E-state index is 0.0527. The Bertz CT molecular complexity index is 224. The van der Waals surface area contributed by atoms with Crippen molar-refractivity contribution in [3.8, 4) is 0 Å². The van der Waals surface area contributed by atoms with E-state index in [1.807, 2.05) is 6.26 Å². The van der Waals surface area contributed by atoms with Gasteiger partial charge in [0.05, 0.1) is 0 Å². The second-order valence-electron chi connectivity index (χ2n) is 3.53. The molecule has 6 heteroatoms. The standard InChI is InChI=1S/C10H20N2O3S/c1-16-7-5-9(13)12-6-3-2-4-8(11)10(14)15/h8H,2-7,11H2,1H3,(H,12,13)(H,14,15)/t8-/m0/s1. The molecule has 4 N–H and O–H groups in total. The van der Waals surface area contributed by atoms with E-state index < -0.39 is 12.0 Å². The molecule has 0 aromatic rings. The molecule has 0 aliphatic heterocycles. The predicted molar refractivity (Wildman–Crippen MR) is 65.5 cm³/mol. The van der Waals surface area contributed by atoms with Gasteiger partial charge in [0.25, 0.3) is 0 Å². The molecule has 5 nitrogen and oxygen atoms in total. The molecule has 1 amide bonds. The van der Waals surface area contributed by atoms with Gasteiger partial charge in [-0.05, 0) is 25.5 Å². The van der Waals surface area contributed by atoms with Gasteiger partial charge in [0.15, 0.2) is 0 Å². The van der Waals surface area contributed by atoms with Gasteiger partial charge in [0, 0.05) is 18.7 Å². The highest BCUT2D eigenvalue weighted by atomic mass is 32.2. The molecule has 94 valence electrons. The summed E-state index contributed by atoms with van der Waals surface area (Å²) in [7, 11) is 0. The van der Waals surface area contributed by atoms with Crippen molar-refractivity contribution in [2.45, 2.75) is 31.7 Å². The molecule has 0 unspecified atom stereocenters. The second-order valence-corrected chi connectivity index (χ2v) is 4.52. The Balaban J connectivity index is 3.33. The number of carboxylic acid groups (broad SMARTS) is 1. The van der Waals surface area contributed by atoms with Crippen molar-refractivity contribution >= 4 is 23.6 Å². The number of aliphatic carboxylic acids is 1. The fourth-order valence-electron chi connectivity index (χ4n) is 1.12. The van der Waals surface area contributed by atoms with Crippen LogP contribution in [0.2, 0.25) is 0 Å². The van der Waals surface area contributed by atoms with Crippen molar-refractivity contribution in [1.82, 2.24) is 5.32 Å². The quantitative estimate of drug-likeness (QED) is 0.515. The van der Waals surface area contributed by atoms with E-state index in [9.17, 15) is 9.59 Å². The second kappa shape index (κ2) is 9.47. The number of nitrogens with two attached hydrogens (primary N) is 1. The number of carbonyl (C=O) groups excluding carboxylic acids is 1. The fourth-order valence-corrected chi connectivity index (χ4v) is 1.51. The summed E-state index contributed by atoms with van der Waals surface area (Å²) in [5.41, 5.74) is 5.33. The molecule has 0 aliphatic rings. The minimum atomic E-state index is -0.969. The Morgan fingerprint density at radius 1 is 1.44 bits per heavy atom. The zero-order valence-corrected chi connectivity index (χ0v) is 10.4. The SMILES string of the molecule is CSCCC(=O)NCCCC[C@H](N)C(=O)O. The van der Waals surface area contributed by atoms with Gasteiger partial charge in [0.2, 0.25) is 5.91 Å². The van der Waals surface area contributed by atoms with E-state index in [0.29, 0.717) is 19.4 Å². The Kier molecular flexibility index (Phi) is 9.03. The van der Waals surface area contributed by atoms with Gasteiger partial charge < -0.3 is 16.2 Å². The number of thioether (sulfide) groups is 1. The van der Waals surface area contributed by atoms with E-state index in [1.54, 1.807) is 11.8 Å². The average Bonchev–Trinajstić information content (AvgIpc) is 2.25. The van der Waals surface area contributed by atoms with Crippen LogP contribution in [-0.2, 0) is 9.59 Å². The molecule has 0 saturated heterocycles. The molecule has 1 atom stereocenters. The van der Waals surface area contributed by atoms with Gasteiger partial charge in [0.1, 0.15) is 6.04 Å². The van der Waals surface area contributed by atoms with Crippen molar-refractivity contribution in [2.24, 2.45) is 5.73 Å². The Morgan fingerprint density at radius 2 is 2.12 bits per heavy atom. The number of rotatable bonds is 9. The molecule has 0 aromatic heterocycles. The summed E-state index contributed by atoms with van der Waals surface area (Å²) in [6.07, 6.45) is 4.44. The monoisotopic (exact) mass is 248 g/mol. The number of unbranched alkanes of at least 4 members (excludes halogenated alkanes) is 1. The number of amides is 1. The molecule has 0 saturated carbocycles. The van der Waals surface area contributed by atoms with Crippen LogP contribution >= 0.6 is 11.8 Å². The van der Waals surface area contributed by atoms with Crippen LogP contribution < -0.4 is 11.1 Å². The van der Waals surface area contributed by atoms with Crippen LogP contribution in [0.3, 0.4) is 0 Å². The van der Waals surface area contributed by atoms with Crippen LogP contribution in [0.25, 0.3) is 0 Å². The van der Waals surface area contributed by atoms with Gasteiger partial charge in [-0.1, -0.05) is 0 Å². The molecule has 0 radical (unpaired) electrons. The van der Waals surface area contributed by atoms with Crippen molar-refractivity contribution in [3.63, 3.8) is 0 Å². The van der Waals surface area contributed by atoms with Crippen molar-refractivity contribution in [2.75, 3.05) is 18.6 Å². The molecule has 0 fully saturated rings. The first-order valence-corrected chi connectivity index (χ1v) is 6.71. The highest BCUT2D eigenvalue weighted by Gasteiger charge is 2.09. The van der Waals surface area contributed by atoms with Crippen LogP contribution in [0.5, 0.6) is 0 Å². The largest absolute Gasteiger partial charge is 0.480 e. The third-order valence-corrected chi connectivity index (χ3v) is 2.73. The van der Waals surface area contributed by atoms with Gasteiger partial charge in [-0.2, -0.15) is 11.8 Å². The minimum Gasteiger partial charge on any atom is -0.480 e. The third-order valence-electron chi connectivity index (χ3n) is 2.11. The van der Waals surface area contributed by atoms with Crippen LogP contribution in [0, 0.1) is 0 Å². The predicted octanol–water partition coefficient (Wildman–Crippen LogP) is 0.438. The van der Waals surface area contributed by atoms with E-state index >= 15 is 0 Å². The third kappa shape index (κ3) is 8.55. The molecular formula is C10H20N2O3S. The highest BCUT2D eigenvalue weighted by molar-refractivity contribution is 7.98. The first kappa shape index (κ1) is 15.2. The lowest BCUT2D eigenvalue weighted by Gasteiger charge is -2.06. The van der Waals surface area contributed by atoms with Crippen LogP contribution in [0.4, 0.5) is 0 Å². The molecule has 16 heavy (non-hydrogen) atoms. The Hall–Kier alpha value is -0.750. The number of hydrogen-bond acceptors (Lipinski definition) is 4. The van der Waals surface area contributed by atoms with Gasteiger partial charge in [-0.3, -0.25) is 9.59 Å². The molecule has 0 aliphatic carbocycles. The summed E-state index contributed by atoms with van der Waals surface area (Å²) in [5.74, 6) is -0.0868. The number of carboxylic acids is 1. The van der Waals surface area contributed by atoms with Crippen molar-refractivity contribution < 1.29 is 14.7 Å². The number of hydrogen-bond donors (Lipinski definition) is 3. The fraction of sp³-hybridized carbons (Fsp3) is 0.800. The summed E-state index contributed by atoms with van der Waals surface area (Å²) in [6, 6.07) is -0.785. The Morgan fingerprint density at radius 3 is 2.69 bits per heavy atom. The van der Waals surface area contributed by atoms with E-state index in [-0.39, 0.29) is 5.91 Å². The van der Waals surface area contributed by atoms with E-state index in [2.05, 4.69) is 5.32 Å². The van der Waals surface area contributed by atoms with E-state index in [1.165, 1.54) is 0 Å². The number of carbonyl (C=O) groups is 2. The molecule has 0 bridgehead atoms. The maximum absolute atomic E-state index is 11.2. The molecule has 0 aromatic carbocycles. The summed E-state index contributed by atoms with van der Waals surface area (Å²) < 4.78 is 0. The van der Waals surface area contributed by atoms with E-state index in [4.69, 9.17) is 10.8 Å². The van der Waals surface area contributed by atoms with Gasteiger partial charge in [-0.15, -0.1) is 0 Å². The topological polar surface area (TPSA) is 92.4 Å². The lowest BCUT2D eigenvalue weighted by Crippen LogP contribution is -2.30. The lowest BCUT2D eigenvalue weighted by molar-refractivity contribution is -0.138. The zero-order chi connectivity index (χ0) is 12.4. The molecular weight excluding hydrogens is 228 g/mol. The van der Waals surface area contributed by atoms with Gasteiger partial charge >= 0.3 is 5.97 Å².